The van der Waals surface area contributed by atoms with E-state index in [1.54, 1.807) is 30.3 Å². The molecule has 0 atom stereocenters. The van der Waals surface area contributed by atoms with Crippen molar-refractivity contribution in [3.63, 3.8) is 0 Å². The van der Waals surface area contributed by atoms with Crippen LogP contribution in [0.4, 0.5) is 0 Å². The number of hydrogen-bond donors (Lipinski definition) is 0. The number of carboxylic acid groups (broad SMARTS) is 1. The van der Waals surface area contributed by atoms with Crippen molar-refractivity contribution in [2.45, 2.75) is 13.5 Å². The molecule has 0 radical (unpaired) electrons. The van der Waals surface area contributed by atoms with Crippen LogP contribution in [0.2, 0.25) is 5.02 Å². The van der Waals surface area contributed by atoms with Crippen LogP contribution >= 0.6 is 11.6 Å². The standard InChI is InChI=1S/C15H13ClO3/c1-10-7-13(16)5-6-14(10)19-9-11-3-2-4-12(8-11)15(17)18/h2-8H,9H2,1H3,(H,17,18)/p-1. The molecule has 0 heterocycles. The molecule has 0 aliphatic carbocycles. The number of hydrogen-bond acceptors (Lipinski definition) is 3. The molecule has 98 valence electrons. The highest BCUT2D eigenvalue weighted by atomic mass is 35.5. The van der Waals surface area contributed by atoms with Crippen LogP contribution in [0.15, 0.2) is 42.5 Å². The zero-order valence-electron chi connectivity index (χ0n) is 10.4. The van der Waals surface area contributed by atoms with E-state index in [9.17, 15) is 9.90 Å². The largest absolute Gasteiger partial charge is 0.545 e. The van der Waals surface area contributed by atoms with E-state index in [2.05, 4.69) is 0 Å². The maximum Gasteiger partial charge on any atom is 0.122 e. The van der Waals surface area contributed by atoms with Gasteiger partial charge in [0.2, 0.25) is 0 Å². The highest BCUT2D eigenvalue weighted by molar-refractivity contribution is 6.30. The topological polar surface area (TPSA) is 49.4 Å². The van der Waals surface area contributed by atoms with Gasteiger partial charge in [0.25, 0.3) is 0 Å². The van der Waals surface area contributed by atoms with Crippen LogP contribution in [-0.4, -0.2) is 5.97 Å². The van der Waals surface area contributed by atoms with Crippen molar-refractivity contribution >= 4 is 17.6 Å². The molecule has 4 heteroatoms. The molecule has 0 unspecified atom stereocenters. The lowest BCUT2D eigenvalue weighted by atomic mass is 10.1. The molecule has 0 saturated heterocycles. The number of rotatable bonds is 4. The summed E-state index contributed by atoms with van der Waals surface area (Å²) in [6, 6.07) is 11.9. The Morgan fingerprint density at radius 2 is 2.05 bits per heavy atom. The van der Waals surface area contributed by atoms with E-state index in [0.29, 0.717) is 11.6 Å². The molecular formula is C15H12ClO3-. The number of carbonyl (C=O) groups excluding carboxylic acids is 1. The first-order valence-corrected chi connectivity index (χ1v) is 6.13. The lowest BCUT2D eigenvalue weighted by molar-refractivity contribution is -0.255. The Hall–Kier alpha value is -2.00. The second-order valence-corrected chi connectivity index (χ2v) is 4.62. The normalized spacial score (nSPS) is 10.2. The van der Waals surface area contributed by atoms with E-state index < -0.39 is 5.97 Å². The van der Waals surface area contributed by atoms with Crippen molar-refractivity contribution in [2.24, 2.45) is 0 Å². The van der Waals surface area contributed by atoms with Crippen LogP contribution in [0, 0.1) is 6.92 Å². The number of aryl methyl sites for hydroxylation is 1. The maximum absolute atomic E-state index is 10.8. The predicted molar refractivity (Wildman–Crippen MR) is 71.3 cm³/mol. The summed E-state index contributed by atoms with van der Waals surface area (Å²) in [6.07, 6.45) is 0. The Bertz CT molecular complexity index is 608. The number of carboxylic acids is 1. The third-order valence-corrected chi connectivity index (χ3v) is 2.93. The number of carbonyl (C=O) groups is 1. The Labute approximate surface area is 116 Å². The van der Waals surface area contributed by atoms with Crippen molar-refractivity contribution in [3.8, 4) is 5.75 Å². The SMILES string of the molecule is Cc1cc(Cl)ccc1OCc1cccc(C(=O)[O-])c1. The van der Waals surface area contributed by atoms with Gasteiger partial charge in [0.05, 0.1) is 5.97 Å². The van der Waals surface area contributed by atoms with Crippen LogP contribution in [0.25, 0.3) is 0 Å². The van der Waals surface area contributed by atoms with Gasteiger partial charge in [-0.1, -0.05) is 29.8 Å². The van der Waals surface area contributed by atoms with Crippen LogP contribution in [-0.2, 0) is 6.61 Å². The van der Waals surface area contributed by atoms with E-state index in [1.807, 2.05) is 13.0 Å². The molecule has 2 aromatic rings. The van der Waals surface area contributed by atoms with Crippen molar-refractivity contribution in [3.05, 3.63) is 64.2 Å². The molecule has 0 bridgehead atoms. The average molecular weight is 276 g/mol. The van der Waals surface area contributed by atoms with Gasteiger partial charge < -0.3 is 14.6 Å². The summed E-state index contributed by atoms with van der Waals surface area (Å²) in [4.78, 5) is 10.8. The molecule has 3 nitrogen and oxygen atoms in total. The highest BCUT2D eigenvalue weighted by Crippen LogP contribution is 2.22. The van der Waals surface area contributed by atoms with Gasteiger partial charge in [-0.2, -0.15) is 0 Å². The van der Waals surface area contributed by atoms with Crippen molar-refractivity contribution in [1.82, 2.24) is 0 Å². The molecule has 0 amide bonds. The molecule has 0 fully saturated rings. The first-order valence-electron chi connectivity index (χ1n) is 5.75. The smallest absolute Gasteiger partial charge is 0.122 e. The summed E-state index contributed by atoms with van der Waals surface area (Å²) < 4.78 is 5.64. The number of ether oxygens (including phenoxy) is 1. The molecular weight excluding hydrogens is 264 g/mol. The number of benzene rings is 2. The van der Waals surface area contributed by atoms with E-state index in [1.165, 1.54) is 6.07 Å². The van der Waals surface area contributed by atoms with Crippen molar-refractivity contribution in [1.29, 1.82) is 0 Å². The summed E-state index contributed by atoms with van der Waals surface area (Å²) in [6.45, 7) is 2.20. The molecule has 0 aliphatic rings. The van der Waals surface area contributed by atoms with Gasteiger partial charge in [-0.25, -0.2) is 0 Å². The minimum absolute atomic E-state index is 0.147. The van der Waals surface area contributed by atoms with Crippen LogP contribution < -0.4 is 9.84 Å². The zero-order valence-corrected chi connectivity index (χ0v) is 11.1. The lowest BCUT2D eigenvalue weighted by Crippen LogP contribution is -2.22. The predicted octanol–water partition coefficient (Wildman–Crippen LogP) is 2.59. The summed E-state index contributed by atoms with van der Waals surface area (Å²) >= 11 is 5.86. The van der Waals surface area contributed by atoms with Crippen molar-refractivity contribution in [2.75, 3.05) is 0 Å². The first-order chi connectivity index (χ1) is 9.06. The number of halogens is 1. The van der Waals surface area contributed by atoms with Gasteiger partial charge in [-0.15, -0.1) is 0 Å². The third-order valence-electron chi connectivity index (χ3n) is 2.69. The highest BCUT2D eigenvalue weighted by Gasteiger charge is 2.02. The zero-order chi connectivity index (χ0) is 13.8. The minimum atomic E-state index is -1.19. The van der Waals surface area contributed by atoms with Gasteiger partial charge in [0.1, 0.15) is 12.4 Å². The van der Waals surface area contributed by atoms with Gasteiger partial charge >= 0.3 is 0 Å². The molecule has 2 aromatic carbocycles. The Morgan fingerprint density at radius 3 is 2.74 bits per heavy atom. The van der Waals surface area contributed by atoms with E-state index in [4.69, 9.17) is 16.3 Å². The Morgan fingerprint density at radius 1 is 1.26 bits per heavy atom. The first kappa shape index (κ1) is 13.4. The van der Waals surface area contributed by atoms with Crippen molar-refractivity contribution < 1.29 is 14.6 Å². The summed E-state index contributed by atoms with van der Waals surface area (Å²) in [5.74, 6) is -0.465. The number of aromatic carboxylic acids is 1. The van der Waals surface area contributed by atoms with Gasteiger partial charge in [-0.05, 0) is 47.9 Å². The quantitative estimate of drug-likeness (QED) is 0.862. The Kier molecular flexibility index (Phi) is 4.07. The molecule has 0 aromatic heterocycles. The maximum atomic E-state index is 10.8. The second kappa shape index (κ2) is 5.76. The fourth-order valence-electron chi connectivity index (χ4n) is 1.72. The lowest BCUT2D eigenvalue weighted by Gasteiger charge is -2.10. The van der Waals surface area contributed by atoms with Crippen LogP contribution in [0.3, 0.4) is 0 Å². The molecule has 0 N–H and O–H groups in total. The second-order valence-electron chi connectivity index (χ2n) is 4.19. The summed E-state index contributed by atoms with van der Waals surface area (Å²) in [5, 5.41) is 11.4. The van der Waals surface area contributed by atoms with Gasteiger partial charge in [0.15, 0.2) is 0 Å². The third kappa shape index (κ3) is 3.48. The summed E-state index contributed by atoms with van der Waals surface area (Å²) in [5.41, 5.74) is 1.86. The van der Waals surface area contributed by atoms with Gasteiger partial charge in [-0.3, -0.25) is 0 Å². The average Bonchev–Trinajstić information content (AvgIpc) is 2.38. The Balaban J connectivity index is 2.10. The molecule has 19 heavy (non-hydrogen) atoms. The van der Waals surface area contributed by atoms with E-state index in [-0.39, 0.29) is 5.56 Å². The molecule has 0 spiro atoms. The molecule has 0 aliphatic heterocycles. The van der Waals surface area contributed by atoms with E-state index in [0.717, 1.165) is 16.9 Å². The van der Waals surface area contributed by atoms with Crippen LogP contribution in [0.1, 0.15) is 21.5 Å². The van der Waals surface area contributed by atoms with Gasteiger partial charge in [0, 0.05) is 5.02 Å². The van der Waals surface area contributed by atoms with Crippen LogP contribution in [0.5, 0.6) is 5.75 Å². The fourth-order valence-corrected chi connectivity index (χ4v) is 1.95. The minimum Gasteiger partial charge on any atom is -0.545 e. The fraction of sp³-hybridized carbons (Fsp3) is 0.133. The summed E-state index contributed by atoms with van der Waals surface area (Å²) in [7, 11) is 0. The monoisotopic (exact) mass is 275 g/mol. The molecule has 2 rings (SSSR count). The van der Waals surface area contributed by atoms with E-state index >= 15 is 0 Å². The molecule has 0 saturated carbocycles.